The van der Waals surface area contributed by atoms with Crippen LogP contribution >= 0.6 is 11.3 Å². The van der Waals surface area contributed by atoms with Crippen LogP contribution in [0.5, 0.6) is 0 Å². The highest BCUT2D eigenvalue weighted by molar-refractivity contribution is 7.13. The Morgan fingerprint density at radius 3 is 2.46 bits per heavy atom. The molecule has 1 N–H and O–H groups in total. The first-order valence-electron chi connectivity index (χ1n) is 9.60. The summed E-state index contributed by atoms with van der Waals surface area (Å²) in [5, 5.41) is 5.99. The quantitative estimate of drug-likeness (QED) is 0.528. The SMILES string of the molecule is CC(C)c1ccc(NC(=O)N(Cc2cccc(-c3nccs3)c2)C(C)C)cc1. The standard InChI is InChI=1S/C23H27N3OS/c1-16(2)19-8-10-21(11-9-19)25-23(27)26(17(3)4)15-18-6-5-7-20(14-18)22-24-12-13-28-22/h5-14,16-17H,15H2,1-4H3,(H,25,27). The third-order valence-electron chi connectivity index (χ3n) is 4.67. The van der Waals surface area contributed by atoms with Gasteiger partial charge in [0.05, 0.1) is 0 Å². The van der Waals surface area contributed by atoms with Gasteiger partial charge in [-0.15, -0.1) is 11.3 Å². The number of rotatable bonds is 6. The molecule has 0 spiro atoms. The Bertz CT molecular complexity index is 902. The summed E-state index contributed by atoms with van der Waals surface area (Å²) < 4.78 is 0. The molecular formula is C23H27N3OS. The maximum Gasteiger partial charge on any atom is 0.322 e. The molecule has 0 saturated carbocycles. The van der Waals surface area contributed by atoms with Gasteiger partial charge in [-0.2, -0.15) is 0 Å². The van der Waals surface area contributed by atoms with Crippen LogP contribution in [0.2, 0.25) is 0 Å². The summed E-state index contributed by atoms with van der Waals surface area (Å²) in [5.41, 5.74) is 4.25. The zero-order valence-corrected chi connectivity index (χ0v) is 17.7. The lowest BCUT2D eigenvalue weighted by atomic mass is 10.0. The summed E-state index contributed by atoms with van der Waals surface area (Å²) in [4.78, 5) is 19.1. The number of thiazole rings is 1. The molecule has 3 rings (SSSR count). The number of nitrogens with one attached hydrogen (secondary N) is 1. The summed E-state index contributed by atoms with van der Waals surface area (Å²) in [6.07, 6.45) is 1.81. The molecule has 0 saturated heterocycles. The maximum absolute atomic E-state index is 12.9. The van der Waals surface area contributed by atoms with Crippen molar-refractivity contribution >= 4 is 23.1 Å². The Morgan fingerprint density at radius 2 is 1.86 bits per heavy atom. The molecule has 28 heavy (non-hydrogen) atoms. The van der Waals surface area contributed by atoms with Gasteiger partial charge in [0.15, 0.2) is 0 Å². The fourth-order valence-electron chi connectivity index (χ4n) is 3.00. The van der Waals surface area contributed by atoms with E-state index in [0.29, 0.717) is 12.5 Å². The number of aromatic nitrogens is 1. The van der Waals surface area contributed by atoms with Crippen molar-refractivity contribution in [3.63, 3.8) is 0 Å². The Kier molecular flexibility index (Phi) is 6.47. The van der Waals surface area contributed by atoms with Gasteiger partial charge in [0, 0.05) is 35.4 Å². The van der Waals surface area contributed by atoms with E-state index in [4.69, 9.17) is 0 Å². The number of carbonyl (C=O) groups excluding carboxylic acids is 1. The lowest BCUT2D eigenvalue weighted by Crippen LogP contribution is -2.39. The molecule has 1 heterocycles. The first-order chi connectivity index (χ1) is 13.4. The second-order valence-corrected chi connectivity index (χ2v) is 8.36. The van der Waals surface area contributed by atoms with E-state index in [-0.39, 0.29) is 12.1 Å². The van der Waals surface area contributed by atoms with Crippen molar-refractivity contribution in [1.82, 2.24) is 9.88 Å². The van der Waals surface area contributed by atoms with E-state index in [0.717, 1.165) is 21.8 Å². The summed E-state index contributed by atoms with van der Waals surface area (Å²) >= 11 is 1.62. The molecule has 0 radical (unpaired) electrons. The normalized spacial score (nSPS) is 11.1. The van der Waals surface area contributed by atoms with Crippen LogP contribution in [0, 0.1) is 0 Å². The minimum Gasteiger partial charge on any atom is -0.318 e. The topological polar surface area (TPSA) is 45.2 Å². The van der Waals surface area contributed by atoms with E-state index in [2.05, 4.69) is 54.5 Å². The fourth-order valence-corrected chi connectivity index (χ4v) is 3.64. The number of amides is 2. The molecule has 0 aliphatic heterocycles. The van der Waals surface area contributed by atoms with Crippen molar-refractivity contribution in [2.45, 2.75) is 46.2 Å². The van der Waals surface area contributed by atoms with E-state index in [1.54, 1.807) is 11.3 Å². The summed E-state index contributed by atoms with van der Waals surface area (Å²) in [6.45, 7) is 8.94. The lowest BCUT2D eigenvalue weighted by Gasteiger charge is -2.27. The molecule has 2 aromatic carbocycles. The van der Waals surface area contributed by atoms with Crippen LogP contribution < -0.4 is 5.32 Å². The molecule has 146 valence electrons. The molecule has 5 heteroatoms. The molecule has 0 unspecified atom stereocenters. The molecule has 0 bridgehead atoms. The van der Waals surface area contributed by atoms with Gasteiger partial charge >= 0.3 is 6.03 Å². The molecule has 3 aromatic rings. The highest BCUT2D eigenvalue weighted by atomic mass is 32.1. The predicted molar refractivity (Wildman–Crippen MR) is 118 cm³/mol. The number of carbonyl (C=O) groups is 1. The van der Waals surface area contributed by atoms with Gasteiger partial charge < -0.3 is 10.2 Å². The van der Waals surface area contributed by atoms with Gasteiger partial charge in [0.1, 0.15) is 5.01 Å². The number of hydrogen-bond acceptors (Lipinski definition) is 3. The first kappa shape index (κ1) is 20.1. The van der Waals surface area contributed by atoms with Crippen LogP contribution in [0.3, 0.4) is 0 Å². The van der Waals surface area contributed by atoms with Crippen LogP contribution in [-0.4, -0.2) is 22.0 Å². The number of benzene rings is 2. The minimum atomic E-state index is -0.0908. The van der Waals surface area contributed by atoms with E-state index in [1.807, 2.05) is 48.5 Å². The first-order valence-corrected chi connectivity index (χ1v) is 10.5. The largest absolute Gasteiger partial charge is 0.322 e. The summed E-state index contributed by atoms with van der Waals surface area (Å²) in [7, 11) is 0. The zero-order valence-electron chi connectivity index (χ0n) is 16.8. The number of nitrogens with zero attached hydrogens (tertiary/aromatic N) is 2. The van der Waals surface area contributed by atoms with E-state index in [9.17, 15) is 4.79 Å². The monoisotopic (exact) mass is 393 g/mol. The number of urea groups is 1. The smallest absolute Gasteiger partial charge is 0.318 e. The van der Waals surface area contributed by atoms with Crippen molar-refractivity contribution in [3.8, 4) is 10.6 Å². The van der Waals surface area contributed by atoms with Gasteiger partial charge in [0.2, 0.25) is 0 Å². The lowest BCUT2D eigenvalue weighted by molar-refractivity contribution is 0.193. The third-order valence-corrected chi connectivity index (χ3v) is 5.49. The Balaban J connectivity index is 1.72. The van der Waals surface area contributed by atoms with Crippen LogP contribution in [0.4, 0.5) is 10.5 Å². The minimum absolute atomic E-state index is 0.0819. The van der Waals surface area contributed by atoms with Crippen molar-refractivity contribution in [3.05, 3.63) is 71.2 Å². The molecule has 0 aliphatic carbocycles. The number of anilines is 1. The Hall–Kier alpha value is -2.66. The van der Waals surface area contributed by atoms with Crippen molar-refractivity contribution in [1.29, 1.82) is 0 Å². The molecule has 0 atom stereocenters. The highest BCUT2D eigenvalue weighted by Gasteiger charge is 2.18. The average Bonchev–Trinajstić information content (AvgIpc) is 3.21. The van der Waals surface area contributed by atoms with Crippen LogP contribution in [0.1, 0.15) is 44.7 Å². The van der Waals surface area contributed by atoms with Crippen molar-refractivity contribution in [2.24, 2.45) is 0 Å². The third kappa shape index (κ3) is 4.98. The molecule has 1 aromatic heterocycles. The van der Waals surface area contributed by atoms with Gasteiger partial charge in [0.25, 0.3) is 0 Å². The second-order valence-electron chi connectivity index (χ2n) is 7.47. The van der Waals surface area contributed by atoms with Gasteiger partial charge in [-0.25, -0.2) is 9.78 Å². The van der Waals surface area contributed by atoms with Crippen LogP contribution in [0.25, 0.3) is 10.6 Å². The van der Waals surface area contributed by atoms with Crippen LogP contribution in [-0.2, 0) is 6.54 Å². The van der Waals surface area contributed by atoms with Crippen molar-refractivity contribution in [2.75, 3.05) is 5.32 Å². The average molecular weight is 394 g/mol. The molecule has 0 aliphatic rings. The summed E-state index contributed by atoms with van der Waals surface area (Å²) in [6, 6.07) is 16.3. The van der Waals surface area contributed by atoms with E-state index in [1.165, 1.54) is 5.56 Å². The predicted octanol–water partition coefficient (Wildman–Crippen LogP) is 6.38. The van der Waals surface area contributed by atoms with E-state index >= 15 is 0 Å². The second kappa shape index (κ2) is 9.02. The maximum atomic E-state index is 12.9. The highest BCUT2D eigenvalue weighted by Crippen LogP contribution is 2.24. The summed E-state index contributed by atoms with van der Waals surface area (Å²) in [5.74, 6) is 0.474. The van der Waals surface area contributed by atoms with Gasteiger partial charge in [-0.1, -0.05) is 44.2 Å². The molecule has 2 amide bonds. The number of hydrogen-bond donors (Lipinski definition) is 1. The Morgan fingerprint density at radius 1 is 1.11 bits per heavy atom. The Labute approximate surface area is 171 Å². The molecule has 0 fully saturated rings. The van der Waals surface area contributed by atoms with Crippen molar-refractivity contribution < 1.29 is 4.79 Å². The van der Waals surface area contributed by atoms with Gasteiger partial charge in [-0.05, 0) is 49.1 Å². The zero-order chi connectivity index (χ0) is 20.1. The van der Waals surface area contributed by atoms with Gasteiger partial charge in [-0.3, -0.25) is 0 Å². The van der Waals surface area contributed by atoms with Crippen LogP contribution in [0.15, 0.2) is 60.1 Å². The molecular weight excluding hydrogens is 366 g/mol. The fraction of sp³-hybridized carbons (Fsp3) is 0.304. The van der Waals surface area contributed by atoms with E-state index < -0.39 is 0 Å². The molecule has 4 nitrogen and oxygen atoms in total.